The highest BCUT2D eigenvalue weighted by molar-refractivity contribution is 6.20. The Kier molecular flexibility index (Phi) is 1.58. The molecule has 1 heteroatoms. The molecule has 0 radical (unpaired) electrons. The average molecular weight is 119 g/mol. The van der Waals surface area contributed by atoms with Gasteiger partial charge in [-0.05, 0) is 19.3 Å². The molecule has 0 aliphatic heterocycles. The van der Waals surface area contributed by atoms with E-state index in [9.17, 15) is 0 Å². The quantitative estimate of drug-likeness (QED) is 0.489. The van der Waals surface area contributed by atoms with Gasteiger partial charge in [0, 0.05) is 5.38 Å². The average Bonchev–Trinajstić information content (AvgIpc) is 2.17. The lowest BCUT2D eigenvalue weighted by Crippen LogP contribution is -1.89. The molecular weight excluding hydrogens is 108 g/mol. The highest BCUT2D eigenvalue weighted by atomic mass is 35.5. The second kappa shape index (κ2) is 2.04. The monoisotopic (exact) mass is 118 g/mol. The lowest BCUT2D eigenvalue weighted by atomic mass is 10.2. The Morgan fingerprint density at radius 1 is 1.71 bits per heavy atom. The SMILES string of the molecule is CC(Cl)CC1CC1. The minimum absolute atomic E-state index is 0.410. The third kappa shape index (κ3) is 2.18. The molecule has 0 aromatic heterocycles. The van der Waals surface area contributed by atoms with Crippen molar-refractivity contribution in [1.82, 2.24) is 0 Å². The normalized spacial score (nSPS) is 24.9. The van der Waals surface area contributed by atoms with Gasteiger partial charge >= 0.3 is 0 Å². The predicted molar refractivity (Wildman–Crippen MR) is 32.7 cm³/mol. The molecule has 0 amide bonds. The fourth-order valence-corrected chi connectivity index (χ4v) is 1.06. The second-order valence-electron chi connectivity index (χ2n) is 2.46. The Labute approximate surface area is 49.9 Å². The van der Waals surface area contributed by atoms with E-state index in [0.717, 1.165) is 5.92 Å². The van der Waals surface area contributed by atoms with E-state index in [0.29, 0.717) is 5.38 Å². The zero-order chi connectivity index (χ0) is 5.28. The second-order valence-corrected chi connectivity index (χ2v) is 3.20. The first-order chi connectivity index (χ1) is 3.29. The van der Waals surface area contributed by atoms with Gasteiger partial charge in [0.2, 0.25) is 0 Å². The first kappa shape index (κ1) is 5.43. The molecule has 1 aliphatic carbocycles. The van der Waals surface area contributed by atoms with Crippen LogP contribution < -0.4 is 0 Å². The molecule has 0 aromatic carbocycles. The summed E-state index contributed by atoms with van der Waals surface area (Å²) >= 11 is 5.71. The fourth-order valence-electron chi connectivity index (χ4n) is 0.813. The molecule has 0 N–H and O–H groups in total. The maximum atomic E-state index is 5.71. The first-order valence-electron chi connectivity index (χ1n) is 2.93. The summed E-state index contributed by atoms with van der Waals surface area (Å²) in [5.41, 5.74) is 0. The summed E-state index contributed by atoms with van der Waals surface area (Å²) in [5, 5.41) is 0.410. The number of halogens is 1. The topological polar surface area (TPSA) is 0 Å². The van der Waals surface area contributed by atoms with Gasteiger partial charge in [0.1, 0.15) is 0 Å². The van der Waals surface area contributed by atoms with E-state index >= 15 is 0 Å². The van der Waals surface area contributed by atoms with Crippen LogP contribution in [0.3, 0.4) is 0 Å². The van der Waals surface area contributed by atoms with E-state index in [-0.39, 0.29) is 0 Å². The molecule has 0 aromatic rings. The van der Waals surface area contributed by atoms with Crippen molar-refractivity contribution in [2.45, 2.75) is 31.6 Å². The van der Waals surface area contributed by atoms with E-state index < -0.39 is 0 Å². The zero-order valence-corrected chi connectivity index (χ0v) is 5.41. The van der Waals surface area contributed by atoms with Crippen molar-refractivity contribution in [2.75, 3.05) is 0 Å². The number of alkyl halides is 1. The molecule has 0 spiro atoms. The standard InChI is InChI=1S/C6H11Cl/c1-5(7)4-6-2-3-6/h5-6H,2-4H2,1H3. The molecule has 42 valence electrons. The number of hydrogen-bond donors (Lipinski definition) is 0. The summed E-state index contributed by atoms with van der Waals surface area (Å²) in [6.45, 7) is 2.07. The Balaban J connectivity index is 1.97. The third-order valence-electron chi connectivity index (χ3n) is 1.36. The van der Waals surface area contributed by atoms with Gasteiger partial charge in [-0.2, -0.15) is 0 Å². The van der Waals surface area contributed by atoms with Gasteiger partial charge in [0.15, 0.2) is 0 Å². The molecule has 0 bridgehead atoms. The molecular formula is C6H11Cl. The van der Waals surface area contributed by atoms with Crippen molar-refractivity contribution < 1.29 is 0 Å². The Hall–Kier alpha value is 0.290. The van der Waals surface area contributed by atoms with Gasteiger partial charge in [-0.1, -0.05) is 12.8 Å². The van der Waals surface area contributed by atoms with Crippen LogP contribution in [-0.2, 0) is 0 Å². The van der Waals surface area contributed by atoms with Crippen molar-refractivity contribution in [3.63, 3.8) is 0 Å². The van der Waals surface area contributed by atoms with Crippen molar-refractivity contribution in [2.24, 2.45) is 5.92 Å². The lowest BCUT2D eigenvalue weighted by Gasteiger charge is -1.95. The number of rotatable bonds is 2. The van der Waals surface area contributed by atoms with Gasteiger partial charge in [-0.3, -0.25) is 0 Å². The molecule has 1 fully saturated rings. The van der Waals surface area contributed by atoms with Gasteiger partial charge in [-0.25, -0.2) is 0 Å². The summed E-state index contributed by atoms with van der Waals surface area (Å²) in [4.78, 5) is 0. The van der Waals surface area contributed by atoms with E-state index in [1.165, 1.54) is 19.3 Å². The van der Waals surface area contributed by atoms with Crippen molar-refractivity contribution in [1.29, 1.82) is 0 Å². The van der Waals surface area contributed by atoms with E-state index in [2.05, 4.69) is 6.92 Å². The van der Waals surface area contributed by atoms with Crippen LogP contribution in [0, 0.1) is 5.92 Å². The maximum Gasteiger partial charge on any atom is 0.0310 e. The van der Waals surface area contributed by atoms with Crippen molar-refractivity contribution >= 4 is 11.6 Å². The van der Waals surface area contributed by atoms with Gasteiger partial charge in [0.05, 0.1) is 0 Å². The molecule has 0 heterocycles. The summed E-state index contributed by atoms with van der Waals surface area (Å²) < 4.78 is 0. The summed E-state index contributed by atoms with van der Waals surface area (Å²) in [5.74, 6) is 0.993. The molecule has 7 heavy (non-hydrogen) atoms. The molecule has 0 saturated heterocycles. The molecule has 1 atom stereocenters. The van der Waals surface area contributed by atoms with Crippen LogP contribution in [0.2, 0.25) is 0 Å². The predicted octanol–water partition coefficient (Wildman–Crippen LogP) is 2.41. The highest BCUT2D eigenvalue weighted by Gasteiger charge is 2.22. The van der Waals surface area contributed by atoms with Crippen LogP contribution in [0.15, 0.2) is 0 Å². The fraction of sp³-hybridized carbons (Fsp3) is 1.00. The highest BCUT2D eigenvalue weighted by Crippen LogP contribution is 2.34. The van der Waals surface area contributed by atoms with Crippen LogP contribution in [0.4, 0.5) is 0 Å². The van der Waals surface area contributed by atoms with Gasteiger partial charge in [-0.15, -0.1) is 11.6 Å². The smallest absolute Gasteiger partial charge is 0.0310 e. The Bertz CT molecular complexity index is 55.2. The summed E-state index contributed by atoms with van der Waals surface area (Å²) in [6.07, 6.45) is 4.09. The largest absolute Gasteiger partial charge is 0.123 e. The molecule has 1 rings (SSSR count). The first-order valence-corrected chi connectivity index (χ1v) is 3.36. The Morgan fingerprint density at radius 3 is 2.43 bits per heavy atom. The van der Waals surface area contributed by atoms with Crippen LogP contribution >= 0.6 is 11.6 Å². The van der Waals surface area contributed by atoms with Gasteiger partial charge in [0.25, 0.3) is 0 Å². The molecule has 1 aliphatic rings. The maximum absolute atomic E-state index is 5.71. The van der Waals surface area contributed by atoms with Crippen LogP contribution in [0.1, 0.15) is 26.2 Å². The van der Waals surface area contributed by atoms with Crippen LogP contribution in [-0.4, -0.2) is 5.38 Å². The van der Waals surface area contributed by atoms with E-state index in [1.54, 1.807) is 0 Å². The molecule has 1 unspecified atom stereocenters. The van der Waals surface area contributed by atoms with E-state index in [1.807, 2.05) is 0 Å². The number of hydrogen-bond acceptors (Lipinski definition) is 0. The zero-order valence-electron chi connectivity index (χ0n) is 4.65. The molecule has 1 saturated carbocycles. The third-order valence-corrected chi connectivity index (χ3v) is 1.53. The van der Waals surface area contributed by atoms with E-state index in [4.69, 9.17) is 11.6 Å². The minimum atomic E-state index is 0.410. The van der Waals surface area contributed by atoms with Crippen molar-refractivity contribution in [3.8, 4) is 0 Å². The summed E-state index contributed by atoms with van der Waals surface area (Å²) in [6, 6.07) is 0. The molecule has 0 nitrogen and oxygen atoms in total. The van der Waals surface area contributed by atoms with Crippen LogP contribution in [0.5, 0.6) is 0 Å². The lowest BCUT2D eigenvalue weighted by molar-refractivity contribution is 0.715. The van der Waals surface area contributed by atoms with Crippen molar-refractivity contribution in [3.05, 3.63) is 0 Å². The summed E-state index contributed by atoms with van der Waals surface area (Å²) in [7, 11) is 0. The minimum Gasteiger partial charge on any atom is -0.123 e. The Morgan fingerprint density at radius 2 is 2.29 bits per heavy atom. The van der Waals surface area contributed by atoms with Gasteiger partial charge < -0.3 is 0 Å². The van der Waals surface area contributed by atoms with Crippen LogP contribution in [0.25, 0.3) is 0 Å².